The lowest BCUT2D eigenvalue weighted by Gasteiger charge is -2.16. The monoisotopic (exact) mass is 639 g/mol. The van der Waals surface area contributed by atoms with Crippen molar-refractivity contribution in [3.63, 3.8) is 0 Å². The van der Waals surface area contributed by atoms with Crippen molar-refractivity contribution in [2.75, 3.05) is 0 Å². The van der Waals surface area contributed by atoms with Crippen LogP contribution in [-0.4, -0.2) is 9.13 Å². The minimum atomic E-state index is 0.0381. The number of fused-ring (bicyclic) bond motifs is 6. The van der Waals surface area contributed by atoms with Crippen LogP contribution >= 0.6 is 0 Å². The molecule has 0 radical (unpaired) electrons. The summed E-state index contributed by atoms with van der Waals surface area (Å²) in [6.07, 6.45) is 0. The molecule has 0 aliphatic heterocycles. The Bertz CT molecular complexity index is 3020. The fourth-order valence-electron chi connectivity index (χ4n) is 7.61. The molecule has 0 saturated heterocycles. The van der Waals surface area contributed by atoms with E-state index in [1.54, 1.807) is 0 Å². The van der Waals surface area contributed by atoms with Crippen LogP contribution in [0.25, 0.3) is 88.4 Å². The van der Waals surface area contributed by atoms with Crippen LogP contribution in [0.3, 0.4) is 0 Å². The van der Waals surface area contributed by atoms with E-state index in [1.807, 2.05) is 78.9 Å². The molecule has 8 aromatic carbocycles. The van der Waals surface area contributed by atoms with Crippen molar-refractivity contribution in [2.45, 2.75) is 0 Å². The van der Waals surface area contributed by atoms with Crippen molar-refractivity contribution in [2.24, 2.45) is 0 Å². The summed E-state index contributed by atoms with van der Waals surface area (Å²) in [5.41, 5.74) is 10.9. The molecule has 0 amide bonds. The van der Waals surface area contributed by atoms with Gasteiger partial charge < -0.3 is 9.13 Å². The fourth-order valence-corrected chi connectivity index (χ4v) is 7.61. The molecule has 0 spiro atoms. The molecule has 0 atom stereocenters. The maximum atomic E-state index is 9.95. The normalized spacial score (nSPS) is 12.4. The minimum Gasteiger partial charge on any atom is -0.309 e. The highest BCUT2D eigenvalue weighted by molar-refractivity contribution is 6.16. The van der Waals surface area contributed by atoms with Gasteiger partial charge >= 0.3 is 0 Å². The van der Waals surface area contributed by atoms with E-state index < -0.39 is 0 Å². The Kier molecular flexibility index (Phi) is 5.84. The smallest absolute Gasteiger partial charge is 0.0645 e. The van der Waals surface area contributed by atoms with E-state index in [0.29, 0.717) is 16.5 Å². The van der Waals surface area contributed by atoms with Gasteiger partial charge in [-0.25, -0.2) is 0 Å². The highest BCUT2D eigenvalue weighted by atomic mass is 15.0. The van der Waals surface area contributed by atoms with Gasteiger partial charge in [0.15, 0.2) is 0 Å². The number of benzene rings is 8. The Morgan fingerprint density at radius 1 is 0.360 bits per heavy atom. The largest absolute Gasteiger partial charge is 0.309 e. The molecule has 10 aromatic rings. The number of nitrogens with zero attached hydrogens (tertiary/aromatic N) is 2. The molecule has 0 N–H and O–H groups in total. The van der Waals surface area contributed by atoms with Gasteiger partial charge in [-0.05, 0) is 70.7 Å². The van der Waals surface area contributed by atoms with Gasteiger partial charge in [0.2, 0.25) is 0 Å². The topological polar surface area (TPSA) is 9.86 Å². The number of aromatic nitrogens is 2. The quantitative estimate of drug-likeness (QED) is 0.177. The molecule has 0 aliphatic carbocycles. The molecule has 2 heteroatoms. The third-order valence-corrected chi connectivity index (χ3v) is 9.84. The summed E-state index contributed by atoms with van der Waals surface area (Å²) in [7, 11) is 0. The van der Waals surface area contributed by atoms with Gasteiger partial charge in [0.25, 0.3) is 0 Å². The van der Waals surface area contributed by atoms with Gasteiger partial charge in [0.05, 0.1) is 31.9 Å². The summed E-state index contributed by atoms with van der Waals surface area (Å²) in [5, 5.41) is 3.69. The first-order valence-corrected chi connectivity index (χ1v) is 17.0. The van der Waals surface area contributed by atoms with Gasteiger partial charge in [-0.2, -0.15) is 0 Å². The summed E-state index contributed by atoms with van der Waals surface area (Å²) in [6.45, 7) is 0. The van der Waals surface area contributed by atoms with Crippen LogP contribution in [0, 0.1) is 0 Å². The fraction of sp³-hybridized carbons (Fsp3) is 0. The molecule has 2 aromatic heterocycles. The third-order valence-electron chi connectivity index (χ3n) is 9.84. The number of hydrogen-bond donors (Lipinski definition) is 0. The Labute approximate surface area is 294 Å². The Balaban J connectivity index is 1.31. The minimum absolute atomic E-state index is 0.0381. The molecule has 234 valence electrons. The lowest BCUT2D eigenvalue weighted by Crippen LogP contribution is -1.98. The van der Waals surface area contributed by atoms with Gasteiger partial charge in [0.1, 0.15) is 0 Å². The Hall–Kier alpha value is -6.64. The summed E-state index contributed by atoms with van der Waals surface area (Å²) in [6, 6.07) is 60.3. The molecule has 50 heavy (non-hydrogen) atoms. The van der Waals surface area contributed by atoms with E-state index in [1.165, 1.54) is 0 Å². The average Bonchev–Trinajstić information content (AvgIpc) is 3.75. The highest BCUT2D eigenvalue weighted by Gasteiger charge is 2.20. The first kappa shape index (κ1) is 25.4. The summed E-state index contributed by atoms with van der Waals surface area (Å²) < 4.78 is 33.7. The van der Waals surface area contributed by atoms with E-state index in [-0.39, 0.29) is 18.1 Å². The second-order valence-corrected chi connectivity index (χ2v) is 12.7. The third kappa shape index (κ3) is 4.43. The number of rotatable bonds is 5. The number of hydrogen-bond acceptors (Lipinski definition) is 0. The van der Waals surface area contributed by atoms with Crippen molar-refractivity contribution in [3.8, 4) is 44.8 Å². The van der Waals surface area contributed by atoms with Crippen molar-refractivity contribution in [1.29, 1.82) is 0 Å². The summed E-state index contributed by atoms with van der Waals surface area (Å²) >= 11 is 0. The SMILES string of the molecule is [2H]c1c(-c2ccc3c(c2)c2ccccc2n3-c2ccccc2)c([2H])c2c3cccc(-c4ccccc4)c3n(-c3ccccc3-c3ccccc3)c2c1[2H]. The van der Waals surface area contributed by atoms with Crippen LogP contribution in [0.1, 0.15) is 4.11 Å². The van der Waals surface area contributed by atoms with Crippen LogP contribution < -0.4 is 0 Å². The van der Waals surface area contributed by atoms with Crippen molar-refractivity contribution >= 4 is 43.6 Å². The molecule has 0 unspecified atom stereocenters. The lowest BCUT2D eigenvalue weighted by atomic mass is 9.99. The molecule has 2 heterocycles. The first-order valence-electron chi connectivity index (χ1n) is 18.5. The molecular weight excluding hydrogens is 605 g/mol. The van der Waals surface area contributed by atoms with E-state index in [0.717, 1.165) is 71.9 Å². The van der Waals surface area contributed by atoms with Gasteiger partial charge in [0, 0.05) is 38.4 Å². The molecule has 0 saturated carbocycles. The molecular formula is C48H32N2. The van der Waals surface area contributed by atoms with Crippen LogP contribution in [0.5, 0.6) is 0 Å². The molecule has 0 aliphatic rings. The Morgan fingerprint density at radius 3 is 1.78 bits per heavy atom. The molecule has 10 rings (SSSR count). The zero-order valence-corrected chi connectivity index (χ0v) is 27.1. The second kappa shape index (κ2) is 11.5. The standard InChI is InChI=1S/C48H32N2/c1-4-15-33(16-5-1)38-21-10-12-25-44(38)50-47-30-28-36(32-43(47)41-24-14-23-39(48(41)50)34-17-6-2-7-18-34)35-27-29-46-42(31-35)40-22-11-13-26-45(40)49(46)37-19-8-3-9-20-37/h1-32H/i28D,30D,32D. The Morgan fingerprint density at radius 2 is 0.980 bits per heavy atom. The van der Waals surface area contributed by atoms with Crippen molar-refractivity contribution < 1.29 is 4.11 Å². The van der Waals surface area contributed by atoms with Crippen LogP contribution in [0.4, 0.5) is 0 Å². The molecule has 0 fully saturated rings. The van der Waals surface area contributed by atoms with E-state index in [2.05, 4.69) is 106 Å². The van der Waals surface area contributed by atoms with Crippen LogP contribution in [-0.2, 0) is 0 Å². The van der Waals surface area contributed by atoms with Crippen LogP contribution in [0.15, 0.2) is 194 Å². The van der Waals surface area contributed by atoms with Gasteiger partial charge in [-0.15, -0.1) is 0 Å². The van der Waals surface area contributed by atoms with E-state index in [4.69, 9.17) is 0 Å². The van der Waals surface area contributed by atoms with E-state index in [9.17, 15) is 4.11 Å². The number of para-hydroxylation sites is 4. The molecule has 2 nitrogen and oxygen atoms in total. The van der Waals surface area contributed by atoms with Crippen LogP contribution in [0.2, 0.25) is 0 Å². The average molecular weight is 640 g/mol. The maximum Gasteiger partial charge on any atom is 0.0645 e. The highest BCUT2D eigenvalue weighted by Crippen LogP contribution is 2.42. The lowest BCUT2D eigenvalue weighted by molar-refractivity contribution is 1.18. The molecule has 0 bridgehead atoms. The summed E-state index contributed by atoms with van der Waals surface area (Å²) in [5.74, 6) is 0. The van der Waals surface area contributed by atoms with Gasteiger partial charge in [-0.1, -0.05) is 146 Å². The van der Waals surface area contributed by atoms with E-state index >= 15 is 0 Å². The summed E-state index contributed by atoms with van der Waals surface area (Å²) in [4.78, 5) is 0. The first-order chi connectivity index (χ1) is 26.1. The predicted molar refractivity (Wildman–Crippen MR) is 211 cm³/mol. The van der Waals surface area contributed by atoms with Crippen molar-refractivity contribution in [1.82, 2.24) is 9.13 Å². The zero-order chi connectivity index (χ0) is 35.6. The van der Waals surface area contributed by atoms with Crippen molar-refractivity contribution in [3.05, 3.63) is 194 Å². The maximum absolute atomic E-state index is 9.95. The predicted octanol–water partition coefficient (Wildman–Crippen LogP) is 12.9. The zero-order valence-electron chi connectivity index (χ0n) is 30.1. The second-order valence-electron chi connectivity index (χ2n) is 12.7. The van der Waals surface area contributed by atoms with Gasteiger partial charge in [-0.3, -0.25) is 0 Å².